The number of benzene rings is 3. The maximum Gasteiger partial charge on any atom is 0.265 e. The minimum Gasteiger partial charge on any atom is -0.435 e. The van der Waals surface area contributed by atoms with Gasteiger partial charge in [-0.3, -0.25) is 0 Å². The summed E-state index contributed by atoms with van der Waals surface area (Å²) in [5.74, 6) is 0. The van der Waals surface area contributed by atoms with E-state index in [4.69, 9.17) is 9.40 Å². The Kier molecular flexibility index (Phi) is 3.73. The highest BCUT2D eigenvalue weighted by Crippen LogP contribution is 2.31. The number of nitrogens with zero attached hydrogens (tertiary/aromatic N) is 2. The quantitative estimate of drug-likeness (QED) is 0.247. The summed E-state index contributed by atoms with van der Waals surface area (Å²) >= 11 is 1.50. The lowest BCUT2D eigenvalue weighted by Gasteiger charge is -2.05. The number of hydrogen-bond acceptors (Lipinski definition) is 5. The fraction of sp³-hybridized carbons (Fsp3) is 0. The number of fused-ring (bicyclic) bond motifs is 3. The molecule has 27 heavy (non-hydrogen) atoms. The molecule has 4 nitrogen and oxygen atoms in total. The van der Waals surface area contributed by atoms with Crippen LogP contribution in [0.2, 0.25) is 0 Å². The summed E-state index contributed by atoms with van der Waals surface area (Å²) in [6.45, 7) is 0. The molecular formula is C22H14N2O2S. The summed E-state index contributed by atoms with van der Waals surface area (Å²) in [6, 6.07) is 24.0. The molecule has 0 saturated carbocycles. The predicted octanol–water partition coefficient (Wildman–Crippen LogP) is 5.67. The Morgan fingerprint density at radius 3 is 2.56 bits per heavy atom. The van der Waals surface area contributed by atoms with Gasteiger partial charge in [0.25, 0.3) is 5.55 Å². The Balaban J connectivity index is 1.75. The predicted molar refractivity (Wildman–Crippen MR) is 108 cm³/mol. The molecule has 0 fully saturated rings. The molecule has 0 amide bonds. The fourth-order valence-corrected chi connectivity index (χ4v) is 4.08. The van der Waals surface area contributed by atoms with Crippen molar-refractivity contribution in [3.05, 3.63) is 83.7 Å². The maximum atomic E-state index is 9.48. The van der Waals surface area contributed by atoms with Gasteiger partial charge in [0.1, 0.15) is 10.6 Å². The van der Waals surface area contributed by atoms with Crippen LogP contribution in [-0.4, -0.2) is 10.2 Å². The highest BCUT2D eigenvalue weighted by atomic mass is 32.1. The highest BCUT2D eigenvalue weighted by molar-refractivity contribution is 7.13. The summed E-state index contributed by atoms with van der Waals surface area (Å²) in [4.78, 5) is 4.73. The molecule has 0 bridgehead atoms. The van der Waals surface area contributed by atoms with Crippen LogP contribution in [0, 0.1) is 0 Å². The first-order valence-electron chi connectivity index (χ1n) is 8.48. The van der Waals surface area contributed by atoms with Crippen LogP contribution >= 0.6 is 11.3 Å². The van der Waals surface area contributed by atoms with E-state index in [2.05, 4.69) is 17.3 Å². The van der Waals surface area contributed by atoms with Gasteiger partial charge >= 0.3 is 0 Å². The van der Waals surface area contributed by atoms with Gasteiger partial charge in [-0.25, -0.2) is 4.98 Å². The normalized spacial score (nSPS) is 12.1. The minimum atomic E-state index is 0.159. The van der Waals surface area contributed by atoms with E-state index in [1.807, 2.05) is 66.0 Å². The molecule has 2 heterocycles. The molecule has 0 aliphatic carbocycles. The molecule has 3 aromatic carbocycles. The van der Waals surface area contributed by atoms with Crippen molar-refractivity contribution in [2.45, 2.75) is 0 Å². The lowest BCUT2D eigenvalue weighted by molar-refractivity contribution is 0.277. The monoisotopic (exact) mass is 370 g/mol. The number of thiazole rings is 1. The zero-order valence-corrected chi connectivity index (χ0v) is 15.0. The summed E-state index contributed by atoms with van der Waals surface area (Å²) in [6.07, 6.45) is 0. The number of rotatable bonds is 2. The molecule has 1 N–H and O–H groups in total. The smallest absolute Gasteiger partial charge is 0.265 e. The van der Waals surface area contributed by atoms with Gasteiger partial charge in [0.15, 0.2) is 0 Å². The molecule has 130 valence electrons. The van der Waals surface area contributed by atoms with Gasteiger partial charge in [-0.15, -0.1) is 11.3 Å². The van der Waals surface area contributed by atoms with E-state index in [0.717, 1.165) is 32.4 Å². The second-order valence-electron chi connectivity index (χ2n) is 6.17. The summed E-state index contributed by atoms with van der Waals surface area (Å²) < 4.78 is 5.87. The van der Waals surface area contributed by atoms with E-state index in [1.165, 1.54) is 11.3 Å². The van der Waals surface area contributed by atoms with Crippen LogP contribution in [0.15, 0.2) is 87.7 Å². The van der Waals surface area contributed by atoms with Crippen molar-refractivity contribution < 1.29 is 9.62 Å². The first kappa shape index (κ1) is 15.8. The zero-order chi connectivity index (χ0) is 18.2. The standard InChI is InChI=1S/C22H14N2O2S/c25-24-21-18(22-23-19(13-27-22)15-7-2-1-3-8-15)12-17-16-9-5-4-6-14(16)10-11-20(17)26-21/h1-13,25H/b24-21-. The molecule has 0 aliphatic heterocycles. The lowest BCUT2D eigenvalue weighted by atomic mass is 10.0. The van der Waals surface area contributed by atoms with Crippen molar-refractivity contribution in [3.63, 3.8) is 0 Å². The largest absolute Gasteiger partial charge is 0.435 e. The van der Waals surface area contributed by atoms with E-state index in [-0.39, 0.29) is 5.55 Å². The molecule has 5 rings (SSSR count). The van der Waals surface area contributed by atoms with Gasteiger partial charge in [0.2, 0.25) is 0 Å². The Bertz CT molecular complexity index is 1340. The summed E-state index contributed by atoms with van der Waals surface area (Å²) in [7, 11) is 0. The number of hydrogen-bond donors (Lipinski definition) is 1. The summed E-state index contributed by atoms with van der Waals surface area (Å²) in [5, 5.41) is 18.8. The molecule has 0 atom stereocenters. The van der Waals surface area contributed by atoms with Gasteiger partial charge < -0.3 is 9.62 Å². The summed E-state index contributed by atoms with van der Waals surface area (Å²) in [5.41, 5.74) is 3.44. The third kappa shape index (κ3) is 2.69. The lowest BCUT2D eigenvalue weighted by Crippen LogP contribution is -2.05. The third-order valence-corrected chi connectivity index (χ3v) is 5.43. The minimum absolute atomic E-state index is 0.159. The third-order valence-electron chi connectivity index (χ3n) is 4.55. The Morgan fingerprint density at radius 1 is 0.889 bits per heavy atom. The SMILES string of the molecule is O/N=c1\oc2ccc3ccccc3c2cc1-c1nc(-c2ccccc2)cs1. The van der Waals surface area contributed by atoms with Crippen molar-refractivity contribution in [3.8, 4) is 21.8 Å². The average Bonchev–Trinajstić information content (AvgIpc) is 3.23. The molecule has 0 saturated heterocycles. The molecular weight excluding hydrogens is 356 g/mol. The van der Waals surface area contributed by atoms with Crippen molar-refractivity contribution in [2.24, 2.45) is 5.16 Å². The van der Waals surface area contributed by atoms with Gasteiger partial charge in [-0.2, -0.15) is 0 Å². The van der Waals surface area contributed by atoms with Crippen LogP contribution in [0.5, 0.6) is 0 Å². The molecule has 0 spiro atoms. The molecule has 5 heteroatoms. The first-order valence-corrected chi connectivity index (χ1v) is 9.36. The first-order chi connectivity index (χ1) is 13.3. The van der Waals surface area contributed by atoms with Crippen LogP contribution in [0.25, 0.3) is 43.6 Å². The molecule has 0 radical (unpaired) electrons. The topological polar surface area (TPSA) is 58.6 Å². The average molecular weight is 370 g/mol. The van der Waals surface area contributed by atoms with Gasteiger partial charge in [0.05, 0.1) is 11.3 Å². The van der Waals surface area contributed by atoms with Crippen LogP contribution < -0.4 is 5.55 Å². The van der Waals surface area contributed by atoms with Crippen LogP contribution in [0.3, 0.4) is 0 Å². The van der Waals surface area contributed by atoms with Crippen molar-refractivity contribution >= 4 is 33.1 Å². The van der Waals surface area contributed by atoms with E-state index >= 15 is 0 Å². The van der Waals surface area contributed by atoms with Crippen LogP contribution in [0.1, 0.15) is 0 Å². The van der Waals surface area contributed by atoms with Crippen LogP contribution in [-0.2, 0) is 0 Å². The second kappa shape index (κ2) is 6.37. The zero-order valence-electron chi connectivity index (χ0n) is 14.2. The Morgan fingerprint density at radius 2 is 1.70 bits per heavy atom. The second-order valence-corrected chi connectivity index (χ2v) is 7.03. The Hall–Kier alpha value is -3.44. The molecule has 0 unspecified atom stereocenters. The number of aromatic nitrogens is 1. The van der Waals surface area contributed by atoms with Gasteiger partial charge in [0, 0.05) is 16.3 Å². The van der Waals surface area contributed by atoms with E-state index < -0.39 is 0 Å². The Labute approximate surface area is 158 Å². The van der Waals surface area contributed by atoms with E-state index in [9.17, 15) is 5.21 Å². The molecule has 0 aliphatic rings. The van der Waals surface area contributed by atoms with Crippen molar-refractivity contribution in [1.29, 1.82) is 0 Å². The van der Waals surface area contributed by atoms with Gasteiger partial charge in [-0.1, -0.05) is 60.7 Å². The van der Waals surface area contributed by atoms with E-state index in [0.29, 0.717) is 11.1 Å². The van der Waals surface area contributed by atoms with E-state index in [1.54, 1.807) is 0 Å². The molecule has 2 aromatic heterocycles. The maximum absolute atomic E-state index is 9.48. The highest BCUT2D eigenvalue weighted by Gasteiger charge is 2.13. The van der Waals surface area contributed by atoms with Gasteiger partial charge in [-0.05, 0) is 28.1 Å². The molecule has 5 aromatic rings. The fourth-order valence-electron chi connectivity index (χ4n) is 3.25. The van der Waals surface area contributed by atoms with Crippen molar-refractivity contribution in [1.82, 2.24) is 4.98 Å². The van der Waals surface area contributed by atoms with Crippen molar-refractivity contribution in [2.75, 3.05) is 0 Å². The van der Waals surface area contributed by atoms with Crippen LogP contribution in [0.4, 0.5) is 0 Å².